The molecule has 0 heterocycles. The van der Waals surface area contributed by atoms with Crippen LogP contribution in [-0.2, 0) is 0 Å². The Bertz CT molecular complexity index is 262. The molecule has 2 atom stereocenters. The van der Waals surface area contributed by atoms with Crippen LogP contribution in [-0.4, -0.2) is 36.6 Å². The molecule has 124 valence electrons. The SMILES string of the molecule is CCCN(C1CC1)C1CCCCCCCCCCC1NC. The third kappa shape index (κ3) is 5.90. The molecule has 21 heavy (non-hydrogen) atoms. The minimum atomic E-state index is 0.719. The Labute approximate surface area is 133 Å². The van der Waals surface area contributed by atoms with Crippen LogP contribution in [0.3, 0.4) is 0 Å². The summed E-state index contributed by atoms with van der Waals surface area (Å²) in [7, 11) is 2.19. The molecule has 0 aromatic rings. The number of hydrogen-bond acceptors (Lipinski definition) is 2. The van der Waals surface area contributed by atoms with Crippen LogP contribution < -0.4 is 5.32 Å². The molecule has 2 fully saturated rings. The van der Waals surface area contributed by atoms with Crippen LogP contribution >= 0.6 is 0 Å². The zero-order chi connectivity index (χ0) is 14.9. The van der Waals surface area contributed by atoms with Gasteiger partial charge in [-0.05, 0) is 45.7 Å². The van der Waals surface area contributed by atoms with E-state index in [2.05, 4.69) is 24.2 Å². The van der Waals surface area contributed by atoms with Crippen molar-refractivity contribution >= 4 is 0 Å². The second-order valence-electron chi connectivity index (χ2n) is 7.34. The van der Waals surface area contributed by atoms with Gasteiger partial charge in [0, 0.05) is 18.1 Å². The maximum Gasteiger partial charge on any atom is 0.0252 e. The van der Waals surface area contributed by atoms with Crippen molar-refractivity contribution in [3.05, 3.63) is 0 Å². The summed E-state index contributed by atoms with van der Waals surface area (Å²) in [6, 6.07) is 2.43. The van der Waals surface area contributed by atoms with E-state index >= 15 is 0 Å². The normalized spacial score (nSPS) is 29.9. The lowest BCUT2D eigenvalue weighted by atomic mass is 9.92. The number of hydrogen-bond donors (Lipinski definition) is 1. The highest BCUT2D eigenvalue weighted by molar-refractivity contribution is 4.93. The molecule has 0 aliphatic heterocycles. The van der Waals surface area contributed by atoms with E-state index in [1.807, 2.05) is 0 Å². The Morgan fingerprint density at radius 2 is 1.38 bits per heavy atom. The Hall–Kier alpha value is -0.0800. The number of rotatable bonds is 5. The highest BCUT2D eigenvalue weighted by Crippen LogP contribution is 2.32. The van der Waals surface area contributed by atoms with Gasteiger partial charge in [-0.3, -0.25) is 4.90 Å². The van der Waals surface area contributed by atoms with E-state index in [0.29, 0.717) is 0 Å². The van der Waals surface area contributed by atoms with Crippen LogP contribution in [0.15, 0.2) is 0 Å². The van der Waals surface area contributed by atoms with Crippen molar-refractivity contribution in [3.63, 3.8) is 0 Å². The fourth-order valence-corrected chi connectivity index (χ4v) is 4.19. The summed E-state index contributed by atoms with van der Waals surface area (Å²) in [6.07, 6.45) is 18.6. The fraction of sp³-hybridized carbons (Fsp3) is 1.00. The predicted octanol–water partition coefficient (Wildman–Crippen LogP) is 4.73. The first-order valence-corrected chi connectivity index (χ1v) is 9.79. The molecule has 2 aliphatic rings. The van der Waals surface area contributed by atoms with E-state index in [-0.39, 0.29) is 0 Å². The molecule has 2 unspecified atom stereocenters. The second kappa shape index (κ2) is 9.84. The lowest BCUT2D eigenvalue weighted by Crippen LogP contribution is -2.50. The summed E-state index contributed by atoms with van der Waals surface area (Å²) in [4.78, 5) is 2.88. The average molecular weight is 295 g/mol. The minimum absolute atomic E-state index is 0.719. The summed E-state index contributed by atoms with van der Waals surface area (Å²) in [5.41, 5.74) is 0. The summed E-state index contributed by atoms with van der Waals surface area (Å²) in [5.74, 6) is 0. The first kappa shape index (κ1) is 17.3. The number of nitrogens with zero attached hydrogens (tertiary/aromatic N) is 1. The van der Waals surface area contributed by atoms with Crippen molar-refractivity contribution in [2.45, 2.75) is 109 Å². The molecule has 0 bridgehead atoms. The van der Waals surface area contributed by atoms with Gasteiger partial charge in [-0.25, -0.2) is 0 Å². The van der Waals surface area contributed by atoms with Crippen LogP contribution in [0.4, 0.5) is 0 Å². The molecule has 1 N–H and O–H groups in total. The van der Waals surface area contributed by atoms with Crippen molar-refractivity contribution in [3.8, 4) is 0 Å². The zero-order valence-electron chi connectivity index (χ0n) is 14.6. The summed E-state index contributed by atoms with van der Waals surface area (Å²) < 4.78 is 0. The van der Waals surface area contributed by atoms with Gasteiger partial charge in [0.1, 0.15) is 0 Å². The van der Waals surface area contributed by atoms with Crippen molar-refractivity contribution in [1.29, 1.82) is 0 Å². The van der Waals surface area contributed by atoms with Crippen LogP contribution in [0.5, 0.6) is 0 Å². The van der Waals surface area contributed by atoms with Gasteiger partial charge in [0.25, 0.3) is 0 Å². The van der Waals surface area contributed by atoms with Gasteiger partial charge < -0.3 is 5.32 Å². The van der Waals surface area contributed by atoms with E-state index in [0.717, 1.165) is 18.1 Å². The van der Waals surface area contributed by atoms with E-state index < -0.39 is 0 Å². The van der Waals surface area contributed by atoms with E-state index in [1.54, 1.807) is 0 Å². The summed E-state index contributed by atoms with van der Waals surface area (Å²) in [6.45, 7) is 3.66. The molecule has 2 rings (SSSR count). The third-order valence-corrected chi connectivity index (χ3v) is 5.52. The molecular formula is C19H38N2. The van der Waals surface area contributed by atoms with Crippen LogP contribution in [0.25, 0.3) is 0 Å². The first-order valence-electron chi connectivity index (χ1n) is 9.79. The van der Waals surface area contributed by atoms with Gasteiger partial charge in [0.05, 0.1) is 0 Å². The van der Waals surface area contributed by atoms with E-state index in [9.17, 15) is 0 Å². The van der Waals surface area contributed by atoms with Gasteiger partial charge in [-0.2, -0.15) is 0 Å². The molecule has 0 aromatic heterocycles. The molecule has 2 heteroatoms. The van der Waals surface area contributed by atoms with Crippen LogP contribution in [0.1, 0.15) is 90.4 Å². The van der Waals surface area contributed by atoms with Gasteiger partial charge in [0.2, 0.25) is 0 Å². The molecule has 0 saturated heterocycles. The predicted molar refractivity (Wildman–Crippen MR) is 92.8 cm³/mol. The van der Waals surface area contributed by atoms with Gasteiger partial charge >= 0.3 is 0 Å². The van der Waals surface area contributed by atoms with Crippen LogP contribution in [0.2, 0.25) is 0 Å². The minimum Gasteiger partial charge on any atom is -0.315 e. The quantitative estimate of drug-likeness (QED) is 0.788. The zero-order valence-corrected chi connectivity index (χ0v) is 14.6. The molecule has 2 aliphatic carbocycles. The number of likely N-dealkylation sites (N-methyl/N-ethyl adjacent to an activating group) is 1. The first-order chi connectivity index (χ1) is 10.4. The van der Waals surface area contributed by atoms with Crippen molar-refractivity contribution < 1.29 is 0 Å². The summed E-state index contributed by atoms with van der Waals surface area (Å²) >= 11 is 0. The molecule has 0 aromatic carbocycles. The topological polar surface area (TPSA) is 15.3 Å². The molecule has 0 spiro atoms. The van der Waals surface area contributed by atoms with Crippen molar-refractivity contribution in [1.82, 2.24) is 10.2 Å². The molecule has 0 amide bonds. The van der Waals surface area contributed by atoms with Gasteiger partial charge in [-0.1, -0.05) is 58.3 Å². The molecule has 0 radical (unpaired) electrons. The monoisotopic (exact) mass is 294 g/mol. The standard InChI is InChI=1S/C19H38N2/c1-3-16-21(17-14-15-17)19-13-11-9-7-5-4-6-8-10-12-18(19)20-2/h17-20H,3-16H2,1-2H3. The maximum absolute atomic E-state index is 3.69. The van der Waals surface area contributed by atoms with Crippen molar-refractivity contribution in [2.75, 3.05) is 13.6 Å². The van der Waals surface area contributed by atoms with Crippen LogP contribution in [0, 0.1) is 0 Å². The van der Waals surface area contributed by atoms with E-state index in [4.69, 9.17) is 0 Å². The third-order valence-electron chi connectivity index (χ3n) is 5.52. The second-order valence-corrected chi connectivity index (χ2v) is 7.34. The highest BCUT2D eigenvalue weighted by atomic mass is 15.2. The fourth-order valence-electron chi connectivity index (χ4n) is 4.19. The molecule has 2 saturated carbocycles. The van der Waals surface area contributed by atoms with Gasteiger partial charge in [-0.15, -0.1) is 0 Å². The highest BCUT2D eigenvalue weighted by Gasteiger charge is 2.36. The Balaban J connectivity index is 1.97. The van der Waals surface area contributed by atoms with Gasteiger partial charge in [0.15, 0.2) is 0 Å². The molecular weight excluding hydrogens is 256 g/mol. The summed E-state index contributed by atoms with van der Waals surface area (Å²) in [5, 5.41) is 3.69. The Kier molecular flexibility index (Phi) is 8.10. The lowest BCUT2D eigenvalue weighted by Gasteiger charge is -2.38. The largest absolute Gasteiger partial charge is 0.315 e. The maximum atomic E-state index is 3.69. The Morgan fingerprint density at radius 1 is 0.810 bits per heavy atom. The van der Waals surface area contributed by atoms with E-state index in [1.165, 1.54) is 90.0 Å². The van der Waals surface area contributed by atoms with Crippen molar-refractivity contribution in [2.24, 2.45) is 0 Å². The molecule has 2 nitrogen and oxygen atoms in total. The lowest BCUT2D eigenvalue weighted by molar-refractivity contribution is 0.132. The smallest absolute Gasteiger partial charge is 0.0252 e. The Morgan fingerprint density at radius 3 is 1.90 bits per heavy atom. The average Bonchev–Trinajstić information content (AvgIpc) is 3.30. The number of nitrogens with one attached hydrogen (secondary N) is 1.